The van der Waals surface area contributed by atoms with Gasteiger partial charge in [-0.05, 0) is 12.1 Å². The number of nitrogens with zero attached hydrogens (tertiary/aromatic N) is 1. The highest BCUT2D eigenvalue weighted by Crippen LogP contribution is 2.03. The molecule has 1 aromatic carbocycles. The Morgan fingerprint density at radius 2 is 1.86 bits per heavy atom. The van der Waals surface area contributed by atoms with E-state index < -0.39 is 10.0 Å². The van der Waals surface area contributed by atoms with Gasteiger partial charge in [-0.25, -0.2) is 8.42 Å². The molecule has 76 valence electrons. The minimum atomic E-state index is -3.42. The van der Waals surface area contributed by atoms with Crippen molar-refractivity contribution in [1.29, 1.82) is 0 Å². The van der Waals surface area contributed by atoms with E-state index in [0.29, 0.717) is 5.56 Å². The first kappa shape index (κ1) is 10.7. The van der Waals surface area contributed by atoms with Crippen molar-refractivity contribution in [3.05, 3.63) is 35.9 Å². The van der Waals surface area contributed by atoms with Crippen molar-refractivity contribution >= 4 is 15.9 Å². The molecule has 0 saturated carbocycles. The Bertz CT molecular complexity index is 423. The summed E-state index contributed by atoms with van der Waals surface area (Å²) in [6, 6.07) is 8.86. The summed E-state index contributed by atoms with van der Waals surface area (Å²) in [5.41, 5.74) is 0.639. The highest BCUT2D eigenvalue weighted by Gasteiger charge is 2.06. The second kappa shape index (κ2) is 4.23. The van der Waals surface area contributed by atoms with Gasteiger partial charge in [-0.3, -0.25) is 0 Å². The van der Waals surface area contributed by atoms with Gasteiger partial charge < -0.3 is 4.74 Å². The molecule has 0 N–H and O–H groups in total. The predicted molar refractivity (Wildman–Crippen MR) is 54.8 cm³/mol. The molecule has 0 fully saturated rings. The molecule has 0 aliphatic rings. The van der Waals surface area contributed by atoms with Gasteiger partial charge in [-0.2, -0.15) is 0 Å². The zero-order chi connectivity index (χ0) is 10.6. The van der Waals surface area contributed by atoms with Gasteiger partial charge in [-0.15, -0.1) is 4.40 Å². The van der Waals surface area contributed by atoms with Crippen LogP contribution in [0.4, 0.5) is 0 Å². The Labute approximate surface area is 83.3 Å². The molecular formula is C9H11NO3S. The van der Waals surface area contributed by atoms with Crippen molar-refractivity contribution in [2.75, 3.05) is 13.4 Å². The average Bonchev–Trinajstić information content (AvgIpc) is 2.14. The van der Waals surface area contributed by atoms with Crippen molar-refractivity contribution in [2.45, 2.75) is 0 Å². The highest BCUT2D eigenvalue weighted by molar-refractivity contribution is 7.89. The number of benzene rings is 1. The predicted octanol–water partition coefficient (Wildman–Crippen LogP) is 1.04. The maximum atomic E-state index is 10.9. The Balaban J connectivity index is 3.12. The van der Waals surface area contributed by atoms with Crippen LogP contribution in [0.2, 0.25) is 0 Å². The molecule has 0 aliphatic carbocycles. The van der Waals surface area contributed by atoms with Gasteiger partial charge in [0.2, 0.25) is 5.90 Å². The monoisotopic (exact) mass is 213 g/mol. The number of ether oxygens (including phenoxy) is 1. The third-order valence-electron chi connectivity index (χ3n) is 1.46. The SMILES string of the molecule is CO/C(=N\S(C)(=O)=O)c1ccccc1. The fourth-order valence-electron chi connectivity index (χ4n) is 0.939. The molecule has 0 atom stereocenters. The average molecular weight is 213 g/mol. The maximum Gasteiger partial charge on any atom is 0.253 e. The summed E-state index contributed by atoms with van der Waals surface area (Å²) >= 11 is 0. The van der Waals surface area contributed by atoms with Gasteiger partial charge in [0.1, 0.15) is 0 Å². The minimum absolute atomic E-state index is 0.105. The van der Waals surface area contributed by atoms with Crippen molar-refractivity contribution in [3.63, 3.8) is 0 Å². The number of sulfonamides is 1. The molecule has 0 unspecified atom stereocenters. The summed E-state index contributed by atoms with van der Waals surface area (Å²) in [4.78, 5) is 0. The molecule has 0 heterocycles. The summed E-state index contributed by atoms with van der Waals surface area (Å²) in [5, 5.41) is 0. The maximum absolute atomic E-state index is 10.9. The molecule has 0 aromatic heterocycles. The smallest absolute Gasteiger partial charge is 0.253 e. The van der Waals surface area contributed by atoms with E-state index in [-0.39, 0.29) is 5.90 Å². The van der Waals surface area contributed by atoms with E-state index in [1.54, 1.807) is 24.3 Å². The van der Waals surface area contributed by atoms with E-state index in [2.05, 4.69) is 4.40 Å². The minimum Gasteiger partial charge on any atom is -0.480 e. The van der Waals surface area contributed by atoms with E-state index in [1.807, 2.05) is 6.07 Å². The van der Waals surface area contributed by atoms with Crippen molar-refractivity contribution in [3.8, 4) is 0 Å². The molecule has 0 radical (unpaired) electrons. The lowest BCUT2D eigenvalue weighted by atomic mass is 10.2. The number of hydrogen-bond donors (Lipinski definition) is 0. The van der Waals surface area contributed by atoms with E-state index in [9.17, 15) is 8.42 Å². The molecule has 14 heavy (non-hydrogen) atoms. The molecule has 0 aliphatic heterocycles. The van der Waals surface area contributed by atoms with Gasteiger partial charge >= 0.3 is 0 Å². The third-order valence-corrected chi connectivity index (χ3v) is 1.96. The lowest BCUT2D eigenvalue weighted by molar-refractivity contribution is 0.405. The van der Waals surface area contributed by atoms with Crippen molar-refractivity contribution in [1.82, 2.24) is 0 Å². The van der Waals surface area contributed by atoms with Crippen molar-refractivity contribution < 1.29 is 13.2 Å². The lowest BCUT2D eigenvalue weighted by Gasteiger charge is -2.02. The number of rotatable bonds is 2. The van der Waals surface area contributed by atoms with Crippen LogP contribution < -0.4 is 0 Å². The van der Waals surface area contributed by atoms with Gasteiger partial charge in [-0.1, -0.05) is 18.2 Å². The fraction of sp³-hybridized carbons (Fsp3) is 0.222. The summed E-state index contributed by atoms with van der Waals surface area (Å²) in [6.45, 7) is 0. The van der Waals surface area contributed by atoms with Crippen LogP contribution >= 0.6 is 0 Å². The van der Waals surface area contributed by atoms with Crippen LogP contribution in [-0.4, -0.2) is 27.7 Å². The first-order valence-corrected chi connectivity index (χ1v) is 5.77. The first-order valence-electron chi connectivity index (χ1n) is 3.92. The summed E-state index contributed by atoms with van der Waals surface area (Å²) < 4.78 is 30.2. The lowest BCUT2D eigenvalue weighted by Crippen LogP contribution is -2.06. The standard InChI is InChI=1S/C9H11NO3S/c1-13-9(10-14(2,11)12)8-6-4-3-5-7-8/h3-7H,1-2H3/b10-9-. The van der Waals surface area contributed by atoms with Crippen LogP contribution in [0.25, 0.3) is 0 Å². The Hall–Kier alpha value is -1.36. The summed E-state index contributed by atoms with van der Waals surface area (Å²) in [5.74, 6) is 0.105. The Kier molecular flexibility index (Phi) is 3.24. The van der Waals surface area contributed by atoms with Crippen molar-refractivity contribution in [2.24, 2.45) is 4.40 Å². The second-order valence-corrected chi connectivity index (χ2v) is 4.35. The van der Waals surface area contributed by atoms with Crippen LogP contribution in [0.1, 0.15) is 5.56 Å². The van der Waals surface area contributed by atoms with Crippen LogP contribution in [0.3, 0.4) is 0 Å². The van der Waals surface area contributed by atoms with Crippen LogP contribution in [0, 0.1) is 0 Å². The molecule has 0 bridgehead atoms. The second-order valence-electron chi connectivity index (χ2n) is 2.70. The molecule has 5 heteroatoms. The van der Waals surface area contributed by atoms with Gasteiger partial charge in [0.25, 0.3) is 10.0 Å². The Morgan fingerprint density at radius 3 is 2.29 bits per heavy atom. The third kappa shape index (κ3) is 3.18. The molecule has 1 rings (SSSR count). The van der Waals surface area contributed by atoms with Crippen LogP contribution in [0.5, 0.6) is 0 Å². The first-order chi connectivity index (χ1) is 6.53. The number of hydrogen-bond acceptors (Lipinski definition) is 3. The largest absolute Gasteiger partial charge is 0.480 e. The summed E-state index contributed by atoms with van der Waals surface area (Å²) in [6.07, 6.45) is 1.02. The molecular weight excluding hydrogens is 202 g/mol. The zero-order valence-corrected chi connectivity index (χ0v) is 8.78. The molecule has 0 saturated heterocycles. The molecule has 0 amide bonds. The molecule has 0 spiro atoms. The van der Waals surface area contributed by atoms with Crippen LogP contribution in [0.15, 0.2) is 34.7 Å². The van der Waals surface area contributed by atoms with Gasteiger partial charge in [0.05, 0.1) is 13.4 Å². The Morgan fingerprint density at radius 1 is 1.29 bits per heavy atom. The normalized spacial score (nSPS) is 12.6. The van der Waals surface area contributed by atoms with E-state index in [1.165, 1.54) is 7.11 Å². The van der Waals surface area contributed by atoms with E-state index in [4.69, 9.17) is 4.74 Å². The highest BCUT2D eigenvalue weighted by atomic mass is 32.2. The van der Waals surface area contributed by atoms with Gasteiger partial charge in [0, 0.05) is 5.56 Å². The number of methoxy groups -OCH3 is 1. The summed E-state index contributed by atoms with van der Waals surface area (Å²) in [7, 11) is -2.03. The van der Waals surface area contributed by atoms with E-state index >= 15 is 0 Å². The molecule has 4 nitrogen and oxygen atoms in total. The van der Waals surface area contributed by atoms with E-state index in [0.717, 1.165) is 6.26 Å². The van der Waals surface area contributed by atoms with Crippen LogP contribution in [-0.2, 0) is 14.8 Å². The molecule has 1 aromatic rings. The van der Waals surface area contributed by atoms with Gasteiger partial charge in [0.15, 0.2) is 0 Å². The quantitative estimate of drug-likeness (QED) is 0.545. The zero-order valence-electron chi connectivity index (χ0n) is 7.97. The fourth-order valence-corrected chi connectivity index (χ4v) is 1.42. The topological polar surface area (TPSA) is 55.7 Å².